The molecule has 0 amide bonds. The third kappa shape index (κ3) is 2.32. The number of rotatable bonds is 4. The van der Waals surface area contributed by atoms with E-state index in [9.17, 15) is 0 Å². The number of nitrogens with zero attached hydrogens (tertiary/aromatic N) is 1. The molecule has 0 spiro atoms. The van der Waals surface area contributed by atoms with Gasteiger partial charge in [0.15, 0.2) is 0 Å². The van der Waals surface area contributed by atoms with E-state index in [1.807, 2.05) is 18.2 Å². The van der Waals surface area contributed by atoms with Crippen molar-refractivity contribution in [2.45, 2.75) is 25.7 Å². The van der Waals surface area contributed by atoms with E-state index >= 15 is 0 Å². The highest BCUT2D eigenvalue weighted by Crippen LogP contribution is 2.61. The molecule has 2 aliphatic rings. The van der Waals surface area contributed by atoms with Crippen LogP contribution in [0.25, 0.3) is 0 Å². The second-order valence-corrected chi connectivity index (χ2v) is 6.25. The number of benzene rings is 1. The van der Waals surface area contributed by atoms with Crippen molar-refractivity contribution >= 4 is 21.6 Å². The van der Waals surface area contributed by atoms with Crippen LogP contribution >= 0.6 is 15.9 Å². The molecule has 2 saturated carbocycles. The summed E-state index contributed by atoms with van der Waals surface area (Å²) in [7, 11) is 0. The van der Waals surface area contributed by atoms with Gasteiger partial charge in [-0.25, -0.2) is 0 Å². The second kappa shape index (κ2) is 4.03. The van der Waals surface area contributed by atoms with Crippen LogP contribution in [0.2, 0.25) is 0 Å². The van der Waals surface area contributed by atoms with Gasteiger partial charge in [-0.3, -0.25) is 0 Å². The molecule has 3 rings (SSSR count). The average Bonchev–Trinajstić information content (AvgIpc) is 3.15. The minimum atomic E-state index is 0.592. The van der Waals surface area contributed by atoms with Crippen LogP contribution in [-0.4, -0.2) is 6.54 Å². The van der Waals surface area contributed by atoms with Gasteiger partial charge in [0.25, 0.3) is 0 Å². The molecule has 0 radical (unpaired) electrons. The normalized spacial score (nSPS) is 20.7. The lowest BCUT2D eigenvalue weighted by Crippen LogP contribution is -2.17. The minimum absolute atomic E-state index is 0.592. The lowest BCUT2D eigenvalue weighted by atomic mass is 10.0. The SMILES string of the molecule is N#Cc1cc(Br)cc(NCC2(C3CC3)CC2)c1. The van der Waals surface area contributed by atoms with Gasteiger partial charge in [-0.2, -0.15) is 5.26 Å². The van der Waals surface area contributed by atoms with Crippen LogP contribution in [0.4, 0.5) is 5.69 Å². The van der Waals surface area contributed by atoms with Crippen molar-refractivity contribution in [1.82, 2.24) is 0 Å². The first-order valence-electron chi connectivity index (χ1n) is 6.16. The van der Waals surface area contributed by atoms with Crippen LogP contribution in [0.5, 0.6) is 0 Å². The van der Waals surface area contributed by atoms with E-state index < -0.39 is 0 Å². The number of anilines is 1. The fourth-order valence-electron chi connectivity index (χ4n) is 2.62. The third-order valence-corrected chi connectivity index (χ3v) is 4.46. The summed E-state index contributed by atoms with van der Waals surface area (Å²) in [5.41, 5.74) is 2.36. The zero-order chi connectivity index (χ0) is 11.9. The monoisotopic (exact) mass is 290 g/mol. The zero-order valence-corrected chi connectivity index (χ0v) is 11.3. The van der Waals surface area contributed by atoms with Crippen LogP contribution in [0.3, 0.4) is 0 Å². The highest BCUT2D eigenvalue weighted by molar-refractivity contribution is 9.10. The first-order chi connectivity index (χ1) is 8.22. The highest BCUT2D eigenvalue weighted by Gasteiger charge is 2.53. The predicted octanol–water partition coefficient (Wildman–Crippen LogP) is 3.92. The maximum Gasteiger partial charge on any atom is 0.0992 e. The molecule has 3 heteroatoms. The van der Waals surface area contributed by atoms with Crippen molar-refractivity contribution in [3.05, 3.63) is 28.2 Å². The summed E-state index contributed by atoms with van der Waals surface area (Å²) in [6.45, 7) is 1.07. The molecule has 0 heterocycles. The van der Waals surface area contributed by atoms with E-state index in [0.29, 0.717) is 11.0 Å². The van der Waals surface area contributed by atoms with Crippen LogP contribution < -0.4 is 5.32 Å². The third-order valence-electron chi connectivity index (χ3n) is 4.01. The van der Waals surface area contributed by atoms with Crippen molar-refractivity contribution in [2.24, 2.45) is 11.3 Å². The van der Waals surface area contributed by atoms with Gasteiger partial charge in [0.05, 0.1) is 11.6 Å². The maximum atomic E-state index is 8.93. The molecule has 2 aliphatic carbocycles. The standard InChI is InChI=1S/C14H15BrN2/c15-12-5-10(8-16)6-13(7-12)17-9-14(3-4-14)11-1-2-11/h5-7,11,17H,1-4,9H2. The molecule has 0 aromatic heterocycles. The summed E-state index contributed by atoms with van der Waals surface area (Å²) in [5.74, 6) is 0.970. The summed E-state index contributed by atoms with van der Waals surface area (Å²) in [5, 5.41) is 12.4. The minimum Gasteiger partial charge on any atom is -0.384 e. The Morgan fingerprint density at radius 2 is 2.12 bits per heavy atom. The number of halogens is 1. The fourth-order valence-corrected chi connectivity index (χ4v) is 3.11. The van der Waals surface area contributed by atoms with E-state index in [0.717, 1.165) is 22.6 Å². The second-order valence-electron chi connectivity index (χ2n) is 5.33. The average molecular weight is 291 g/mol. The first kappa shape index (κ1) is 11.1. The van der Waals surface area contributed by atoms with Crippen LogP contribution in [0.15, 0.2) is 22.7 Å². The summed E-state index contributed by atoms with van der Waals surface area (Å²) < 4.78 is 0.968. The molecule has 1 N–H and O–H groups in total. The van der Waals surface area contributed by atoms with Crippen molar-refractivity contribution in [3.63, 3.8) is 0 Å². The Balaban J connectivity index is 1.69. The van der Waals surface area contributed by atoms with Crippen molar-refractivity contribution in [3.8, 4) is 6.07 Å². The summed E-state index contributed by atoms with van der Waals surface area (Å²) in [6.07, 6.45) is 5.60. The number of hydrogen-bond donors (Lipinski definition) is 1. The van der Waals surface area contributed by atoms with Gasteiger partial charge in [0.2, 0.25) is 0 Å². The van der Waals surface area contributed by atoms with Crippen molar-refractivity contribution < 1.29 is 0 Å². The van der Waals surface area contributed by atoms with E-state index in [4.69, 9.17) is 5.26 Å². The van der Waals surface area contributed by atoms with Crippen LogP contribution in [0.1, 0.15) is 31.2 Å². The molecule has 0 atom stereocenters. The molecule has 1 aromatic carbocycles. The Hall–Kier alpha value is -1.01. The molecule has 88 valence electrons. The van der Waals surface area contributed by atoms with E-state index in [2.05, 4.69) is 27.3 Å². The van der Waals surface area contributed by atoms with Crippen LogP contribution in [-0.2, 0) is 0 Å². The van der Waals surface area contributed by atoms with Crippen LogP contribution in [0, 0.1) is 22.7 Å². The Bertz CT molecular complexity index is 481. The van der Waals surface area contributed by atoms with Gasteiger partial charge in [0.1, 0.15) is 0 Å². The van der Waals surface area contributed by atoms with Gasteiger partial charge < -0.3 is 5.32 Å². The number of hydrogen-bond acceptors (Lipinski definition) is 2. The van der Waals surface area contributed by atoms with Gasteiger partial charge in [-0.15, -0.1) is 0 Å². The van der Waals surface area contributed by atoms with Crippen molar-refractivity contribution in [2.75, 3.05) is 11.9 Å². The molecule has 0 aliphatic heterocycles. The molecule has 17 heavy (non-hydrogen) atoms. The molecule has 0 saturated heterocycles. The summed E-state index contributed by atoms with van der Waals surface area (Å²) in [6, 6.07) is 8.00. The lowest BCUT2D eigenvalue weighted by Gasteiger charge is -2.16. The van der Waals surface area contributed by atoms with E-state index in [-0.39, 0.29) is 0 Å². The summed E-state index contributed by atoms with van der Waals surface area (Å²) in [4.78, 5) is 0. The molecular formula is C14H15BrN2. The number of nitrogens with one attached hydrogen (secondary N) is 1. The molecule has 1 aromatic rings. The van der Waals surface area contributed by atoms with E-state index in [1.165, 1.54) is 25.7 Å². The highest BCUT2D eigenvalue weighted by atomic mass is 79.9. The molecule has 0 unspecified atom stereocenters. The smallest absolute Gasteiger partial charge is 0.0992 e. The van der Waals surface area contributed by atoms with Gasteiger partial charge in [-0.1, -0.05) is 15.9 Å². The largest absolute Gasteiger partial charge is 0.384 e. The van der Waals surface area contributed by atoms with Gasteiger partial charge in [0, 0.05) is 16.7 Å². The fraction of sp³-hybridized carbons (Fsp3) is 0.500. The molecular weight excluding hydrogens is 276 g/mol. The molecule has 2 nitrogen and oxygen atoms in total. The first-order valence-corrected chi connectivity index (χ1v) is 6.96. The van der Waals surface area contributed by atoms with Gasteiger partial charge in [-0.05, 0) is 55.2 Å². The molecule has 0 bridgehead atoms. The zero-order valence-electron chi connectivity index (χ0n) is 9.67. The van der Waals surface area contributed by atoms with E-state index in [1.54, 1.807) is 0 Å². The van der Waals surface area contributed by atoms with Gasteiger partial charge >= 0.3 is 0 Å². The summed E-state index contributed by atoms with van der Waals surface area (Å²) >= 11 is 3.44. The quantitative estimate of drug-likeness (QED) is 0.912. The predicted molar refractivity (Wildman–Crippen MR) is 71.7 cm³/mol. The Morgan fingerprint density at radius 3 is 2.71 bits per heavy atom. The maximum absolute atomic E-state index is 8.93. The molecule has 2 fully saturated rings. The Kier molecular flexibility index (Phi) is 2.63. The van der Waals surface area contributed by atoms with Crippen molar-refractivity contribution in [1.29, 1.82) is 5.26 Å². The number of nitriles is 1. The Labute approximate surface area is 110 Å². The topological polar surface area (TPSA) is 35.8 Å². The Morgan fingerprint density at radius 1 is 1.35 bits per heavy atom. The lowest BCUT2D eigenvalue weighted by molar-refractivity contribution is 0.467.